The van der Waals surface area contributed by atoms with Crippen LogP contribution in [0.2, 0.25) is 0 Å². The highest BCUT2D eigenvalue weighted by molar-refractivity contribution is 5.82. The number of rotatable bonds is 6. The van der Waals surface area contributed by atoms with Crippen molar-refractivity contribution >= 4 is 5.91 Å². The van der Waals surface area contributed by atoms with Crippen LogP contribution in [-0.4, -0.2) is 46.5 Å². The lowest BCUT2D eigenvalue weighted by Crippen LogP contribution is -2.48. The molecule has 8 heteroatoms. The van der Waals surface area contributed by atoms with Gasteiger partial charge in [0.1, 0.15) is 0 Å². The van der Waals surface area contributed by atoms with Gasteiger partial charge in [-0.2, -0.15) is 0 Å². The lowest BCUT2D eigenvalue weighted by molar-refractivity contribution is -0.127. The molecular weight excluding hydrogens is 458 g/mol. The van der Waals surface area contributed by atoms with Crippen LogP contribution < -0.4 is 20.3 Å². The predicted octanol–water partition coefficient (Wildman–Crippen LogP) is 2.54. The molecule has 2 N–H and O–H groups in total. The van der Waals surface area contributed by atoms with Crippen LogP contribution in [0.4, 0.5) is 0 Å². The van der Waals surface area contributed by atoms with Crippen LogP contribution in [0.5, 0.6) is 11.5 Å². The third kappa shape index (κ3) is 3.60. The summed E-state index contributed by atoms with van der Waals surface area (Å²) in [6.45, 7) is 3.42. The highest BCUT2D eigenvalue weighted by Crippen LogP contribution is 2.50. The van der Waals surface area contributed by atoms with Crippen molar-refractivity contribution in [3.8, 4) is 22.6 Å². The molecule has 186 valence electrons. The fourth-order valence-electron chi connectivity index (χ4n) is 6.15. The third-order valence-corrected chi connectivity index (χ3v) is 7.70. The Labute approximate surface area is 209 Å². The lowest BCUT2D eigenvalue weighted by atomic mass is 9.88. The quantitative estimate of drug-likeness (QED) is 0.555. The van der Waals surface area contributed by atoms with Crippen molar-refractivity contribution in [2.45, 2.75) is 32.1 Å². The van der Waals surface area contributed by atoms with E-state index in [4.69, 9.17) is 9.47 Å². The zero-order chi connectivity index (χ0) is 24.8. The molecule has 2 aromatic carbocycles. The summed E-state index contributed by atoms with van der Waals surface area (Å²) in [6.07, 6.45) is 0. The number of aliphatic hydroxyl groups excluding tert-OH is 1. The number of carbonyl (C=O) groups is 1. The normalized spacial score (nSPS) is 23.9. The summed E-state index contributed by atoms with van der Waals surface area (Å²) in [4.78, 5) is 29.0. The van der Waals surface area contributed by atoms with Crippen LogP contribution in [0.3, 0.4) is 0 Å². The third-order valence-electron chi connectivity index (χ3n) is 7.70. The van der Waals surface area contributed by atoms with Crippen molar-refractivity contribution < 1.29 is 19.4 Å². The van der Waals surface area contributed by atoms with Crippen molar-refractivity contribution in [2.75, 3.05) is 19.9 Å². The minimum Gasteiger partial charge on any atom is -0.454 e. The SMILES string of the molecule is CCNC(=O)[C@@H]1[C@@H](CO)[C@@H]2Cn3c(ccc(-c4ccccc4)c3=O)[C@@H]2N1Cc1ccc2c(c1)OCO2. The van der Waals surface area contributed by atoms with Gasteiger partial charge < -0.3 is 24.5 Å². The van der Waals surface area contributed by atoms with Gasteiger partial charge in [0.05, 0.1) is 12.1 Å². The molecule has 3 aliphatic heterocycles. The first kappa shape index (κ1) is 22.8. The molecule has 4 atom stereocenters. The summed E-state index contributed by atoms with van der Waals surface area (Å²) < 4.78 is 12.9. The molecule has 4 heterocycles. The molecule has 1 saturated heterocycles. The molecule has 3 aliphatic rings. The number of carbonyl (C=O) groups excluding carboxylic acids is 1. The maximum Gasteiger partial charge on any atom is 0.258 e. The van der Waals surface area contributed by atoms with E-state index in [0.29, 0.717) is 36.7 Å². The van der Waals surface area contributed by atoms with Gasteiger partial charge in [0, 0.05) is 49.3 Å². The van der Waals surface area contributed by atoms with Gasteiger partial charge in [-0.25, -0.2) is 0 Å². The van der Waals surface area contributed by atoms with E-state index >= 15 is 0 Å². The van der Waals surface area contributed by atoms with E-state index in [2.05, 4.69) is 10.2 Å². The van der Waals surface area contributed by atoms with Gasteiger partial charge in [-0.1, -0.05) is 36.4 Å². The van der Waals surface area contributed by atoms with Gasteiger partial charge in [-0.05, 0) is 42.3 Å². The fraction of sp³-hybridized carbons (Fsp3) is 0.357. The minimum absolute atomic E-state index is 0.0395. The van der Waals surface area contributed by atoms with Crippen LogP contribution >= 0.6 is 0 Å². The monoisotopic (exact) mass is 487 g/mol. The molecule has 1 amide bonds. The van der Waals surface area contributed by atoms with Crippen LogP contribution in [-0.2, 0) is 17.9 Å². The number of aromatic nitrogens is 1. The van der Waals surface area contributed by atoms with E-state index in [1.807, 2.05) is 72.2 Å². The molecule has 36 heavy (non-hydrogen) atoms. The van der Waals surface area contributed by atoms with E-state index < -0.39 is 6.04 Å². The largest absolute Gasteiger partial charge is 0.454 e. The number of hydrogen-bond acceptors (Lipinski definition) is 6. The maximum absolute atomic E-state index is 13.6. The summed E-state index contributed by atoms with van der Waals surface area (Å²) in [5.74, 6) is 0.941. The molecular formula is C28H29N3O5. The summed E-state index contributed by atoms with van der Waals surface area (Å²) in [7, 11) is 0. The molecule has 6 rings (SSSR count). The number of amides is 1. The molecule has 0 aliphatic carbocycles. The summed E-state index contributed by atoms with van der Waals surface area (Å²) in [5, 5.41) is 13.4. The number of ether oxygens (including phenoxy) is 2. The number of aliphatic hydroxyl groups is 1. The van der Waals surface area contributed by atoms with Crippen molar-refractivity contribution in [1.82, 2.24) is 14.8 Å². The first-order valence-corrected chi connectivity index (χ1v) is 12.4. The fourth-order valence-corrected chi connectivity index (χ4v) is 6.15. The summed E-state index contributed by atoms with van der Waals surface area (Å²) in [6, 6.07) is 18.7. The molecule has 0 bridgehead atoms. The Hall–Kier alpha value is -3.62. The average Bonchev–Trinajstić information content (AvgIpc) is 3.58. The number of nitrogens with one attached hydrogen (secondary N) is 1. The van der Waals surface area contributed by atoms with Gasteiger partial charge in [-0.15, -0.1) is 0 Å². The zero-order valence-electron chi connectivity index (χ0n) is 20.1. The Morgan fingerprint density at radius 1 is 1.08 bits per heavy atom. The van der Waals surface area contributed by atoms with E-state index in [0.717, 1.165) is 16.8 Å². The van der Waals surface area contributed by atoms with Gasteiger partial charge in [0.15, 0.2) is 11.5 Å². The molecule has 1 aromatic heterocycles. The number of likely N-dealkylation sites (N-methyl/N-ethyl adjacent to an activating group) is 1. The number of hydrogen-bond donors (Lipinski definition) is 2. The van der Waals surface area contributed by atoms with Crippen molar-refractivity contribution in [3.05, 3.63) is 82.3 Å². The Kier molecular flexibility index (Phi) is 5.78. The molecule has 0 radical (unpaired) electrons. The molecule has 8 nitrogen and oxygen atoms in total. The van der Waals surface area contributed by atoms with Crippen LogP contribution in [0.15, 0.2) is 65.5 Å². The van der Waals surface area contributed by atoms with Crippen molar-refractivity contribution in [2.24, 2.45) is 11.8 Å². The number of pyridine rings is 1. The molecule has 3 aromatic rings. The van der Waals surface area contributed by atoms with Crippen LogP contribution in [0, 0.1) is 11.8 Å². The van der Waals surface area contributed by atoms with Crippen molar-refractivity contribution in [1.29, 1.82) is 0 Å². The van der Waals surface area contributed by atoms with Gasteiger partial charge in [0.2, 0.25) is 12.7 Å². The standard InChI is InChI=1S/C28H29N3O5/c1-2-29-27(33)26-21(15-32)20-14-30-22(10-9-19(28(30)34)18-6-4-3-5-7-18)25(20)31(26)13-17-8-11-23-24(12-17)36-16-35-23/h3-12,20-21,25-26,32H,2,13-16H2,1H3,(H,29,33)/t20-,21-,25+,26-/m0/s1. The zero-order valence-corrected chi connectivity index (χ0v) is 20.1. The second-order valence-corrected chi connectivity index (χ2v) is 9.61. The lowest BCUT2D eigenvalue weighted by Gasteiger charge is -2.31. The number of fused-ring (bicyclic) bond motifs is 4. The highest BCUT2D eigenvalue weighted by atomic mass is 16.7. The second kappa shape index (κ2) is 9.11. The Bertz CT molecular complexity index is 1360. The minimum atomic E-state index is -0.506. The highest BCUT2D eigenvalue weighted by Gasteiger charge is 2.55. The Morgan fingerprint density at radius 3 is 2.67 bits per heavy atom. The molecule has 0 spiro atoms. The summed E-state index contributed by atoms with van der Waals surface area (Å²) in [5.41, 5.74) is 3.36. The van der Waals surface area contributed by atoms with Gasteiger partial charge >= 0.3 is 0 Å². The van der Waals surface area contributed by atoms with E-state index in [1.165, 1.54) is 0 Å². The Morgan fingerprint density at radius 2 is 1.89 bits per heavy atom. The molecule has 1 fully saturated rings. The first-order valence-electron chi connectivity index (χ1n) is 12.4. The van der Waals surface area contributed by atoms with E-state index in [-0.39, 0.29) is 42.7 Å². The molecule has 0 unspecified atom stereocenters. The topological polar surface area (TPSA) is 93.0 Å². The van der Waals surface area contributed by atoms with Gasteiger partial charge in [0.25, 0.3) is 5.56 Å². The van der Waals surface area contributed by atoms with Crippen LogP contribution in [0.25, 0.3) is 11.1 Å². The predicted molar refractivity (Wildman–Crippen MR) is 134 cm³/mol. The van der Waals surface area contributed by atoms with Gasteiger partial charge in [-0.3, -0.25) is 14.5 Å². The van der Waals surface area contributed by atoms with E-state index in [1.54, 1.807) is 0 Å². The second-order valence-electron chi connectivity index (χ2n) is 9.61. The van der Waals surface area contributed by atoms with E-state index in [9.17, 15) is 14.7 Å². The first-order chi connectivity index (χ1) is 17.6. The van der Waals surface area contributed by atoms with Crippen LogP contribution in [0.1, 0.15) is 24.2 Å². The number of likely N-dealkylation sites (tertiary alicyclic amines) is 1. The summed E-state index contributed by atoms with van der Waals surface area (Å²) >= 11 is 0. The maximum atomic E-state index is 13.6. The number of benzene rings is 2. The molecule has 0 saturated carbocycles. The Balaban J connectivity index is 1.42. The smallest absolute Gasteiger partial charge is 0.258 e. The van der Waals surface area contributed by atoms with Crippen molar-refractivity contribution in [3.63, 3.8) is 0 Å². The number of nitrogens with zero attached hydrogens (tertiary/aromatic N) is 2. The average molecular weight is 488 g/mol.